The Labute approximate surface area is 223 Å². The van der Waals surface area contributed by atoms with E-state index >= 15 is 0 Å². The zero-order chi connectivity index (χ0) is 26.6. The second-order valence-electron chi connectivity index (χ2n) is 9.46. The lowest BCUT2D eigenvalue weighted by Gasteiger charge is -2.31. The van der Waals surface area contributed by atoms with Crippen molar-refractivity contribution in [3.8, 4) is 0 Å². The molecule has 1 atom stereocenters. The monoisotopic (exact) mass is 539 g/mol. The Kier molecular flexibility index (Phi) is 11.7. The van der Waals surface area contributed by atoms with E-state index in [-0.39, 0.29) is 5.78 Å². The molecule has 3 aromatic rings. The molecule has 0 radical (unpaired) electrons. The molecule has 7 heteroatoms. The summed E-state index contributed by atoms with van der Waals surface area (Å²) < 4.78 is 28.7. The summed E-state index contributed by atoms with van der Waals surface area (Å²) in [6.07, 6.45) is 5.78. The number of unbranched alkanes of at least 4 members (excludes halogenated alkanes) is 2. The summed E-state index contributed by atoms with van der Waals surface area (Å²) in [6, 6.07) is 27.2. The van der Waals surface area contributed by atoms with E-state index in [2.05, 4.69) is 36.3 Å². The molecular weight excluding hydrogens is 496 g/mol. The summed E-state index contributed by atoms with van der Waals surface area (Å²) >= 11 is 0. The van der Waals surface area contributed by atoms with Gasteiger partial charge in [0.2, 0.25) is 7.44 Å². The molecule has 3 N–H and O–H groups in total. The van der Waals surface area contributed by atoms with Gasteiger partial charge in [0, 0.05) is 34.7 Å². The molecule has 3 rings (SSSR count). The van der Waals surface area contributed by atoms with Crippen LogP contribution < -0.4 is 31.4 Å². The smallest absolute Gasteiger partial charge is 0.232 e. The van der Waals surface area contributed by atoms with E-state index in [0.717, 1.165) is 73.2 Å². The number of hydrogen-bond donors (Lipinski definition) is 3. The second-order valence-corrected chi connectivity index (χ2v) is 14.8. The number of nitrogens with one attached hydrogen (secondary N) is 3. The second kappa shape index (κ2) is 14.7. The van der Waals surface area contributed by atoms with Crippen molar-refractivity contribution >= 4 is 36.2 Å². The van der Waals surface area contributed by atoms with E-state index in [1.807, 2.05) is 84.9 Å². The molecule has 200 valence electrons. The topological polar surface area (TPSA) is 70.2 Å². The standard InChI is InChI=1S/C30H43N3O2P2/c1-4-7-24-31-37(35,32-25-8-5-2)30(15-6-3)33-26-20-22-29(23-21-26)36(34,27-16-11-9-12-17-27)28-18-13-10-14-19-28/h9-14,16-23,30,33H,4-8,15,24-25H2,1-3H3,(H2,31,32,35). The highest BCUT2D eigenvalue weighted by Gasteiger charge is 2.32. The van der Waals surface area contributed by atoms with Gasteiger partial charge in [-0.05, 0) is 43.5 Å². The van der Waals surface area contributed by atoms with E-state index in [1.54, 1.807) is 0 Å². The first-order valence-corrected chi connectivity index (χ1v) is 17.1. The van der Waals surface area contributed by atoms with Crippen molar-refractivity contribution in [1.29, 1.82) is 0 Å². The average Bonchev–Trinajstić information content (AvgIpc) is 2.94. The first-order chi connectivity index (χ1) is 18.0. The van der Waals surface area contributed by atoms with Crippen molar-refractivity contribution in [1.82, 2.24) is 10.2 Å². The van der Waals surface area contributed by atoms with Crippen molar-refractivity contribution < 1.29 is 9.13 Å². The highest BCUT2D eigenvalue weighted by atomic mass is 31.2. The van der Waals surface area contributed by atoms with Crippen molar-refractivity contribution in [2.75, 3.05) is 18.4 Å². The van der Waals surface area contributed by atoms with Gasteiger partial charge in [-0.3, -0.25) is 14.7 Å². The zero-order valence-corrected chi connectivity index (χ0v) is 24.3. The maximum absolute atomic E-state index is 14.6. The van der Waals surface area contributed by atoms with Crippen LogP contribution in [0.5, 0.6) is 0 Å². The molecule has 0 aliphatic heterocycles. The number of benzene rings is 3. The van der Waals surface area contributed by atoms with Gasteiger partial charge in [-0.15, -0.1) is 0 Å². The first-order valence-electron chi connectivity index (χ1n) is 13.7. The van der Waals surface area contributed by atoms with E-state index < -0.39 is 14.6 Å². The Hall–Kier alpha value is -2.16. The van der Waals surface area contributed by atoms with Gasteiger partial charge in [0.15, 0.2) is 7.14 Å². The van der Waals surface area contributed by atoms with E-state index in [9.17, 15) is 9.13 Å². The predicted molar refractivity (Wildman–Crippen MR) is 162 cm³/mol. The molecule has 3 aromatic carbocycles. The van der Waals surface area contributed by atoms with Gasteiger partial charge >= 0.3 is 0 Å². The van der Waals surface area contributed by atoms with Gasteiger partial charge < -0.3 is 9.88 Å². The minimum atomic E-state index is -3.02. The molecule has 0 aliphatic carbocycles. The minimum absolute atomic E-state index is 0.230. The molecule has 5 nitrogen and oxygen atoms in total. The molecule has 0 aromatic heterocycles. The molecule has 0 heterocycles. The van der Waals surface area contributed by atoms with Gasteiger partial charge in [-0.25, -0.2) is 0 Å². The third-order valence-electron chi connectivity index (χ3n) is 6.56. The molecule has 0 amide bonds. The molecule has 37 heavy (non-hydrogen) atoms. The Balaban J connectivity index is 1.90. The van der Waals surface area contributed by atoms with Crippen LogP contribution >= 0.6 is 14.6 Å². The highest BCUT2D eigenvalue weighted by molar-refractivity contribution is 7.85. The fourth-order valence-electron chi connectivity index (χ4n) is 4.42. The molecule has 0 aliphatic rings. The molecule has 0 saturated carbocycles. The summed E-state index contributed by atoms with van der Waals surface area (Å²) in [5, 5.41) is 12.7. The quantitative estimate of drug-likeness (QED) is 0.137. The fraction of sp³-hybridized carbons (Fsp3) is 0.400. The number of hydrogen-bond acceptors (Lipinski definition) is 3. The van der Waals surface area contributed by atoms with Crippen molar-refractivity contribution in [2.45, 2.75) is 65.1 Å². The van der Waals surface area contributed by atoms with Crippen LogP contribution in [0.4, 0.5) is 5.69 Å². The van der Waals surface area contributed by atoms with Gasteiger partial charge in [0.05, 0.1) is 0 Å². The number of anilines is 1. The third kappa shape index (κ3) is 7.68. The van der Waals surface area contributed by atoms with Gasteiger partial charge in [-0.1, -0.05) is 101 Å². The summed E-state index contributed by atoms with van der Waals surface area (Å²) in [4.78, 5) is 0. The first kappa shape index (κ1) is 29.4. The van der Waals surface area contributed by atoms with Gasteiger partial charge in [0.1, 0.15) is 5.78 Å². The van der Waals surface area contributed by atoms with E-state index in [4.69, 9.17) is 0 Å². The van der Waals surface area contributed by atoms with Crippen LogP contribution in [0.3, 0.4) is 0 Å². The van der Waals surface area contributed by atoms with Gasteiger partial charge in [-0.2, -0.15) is 0 Å². The molecule has 1 unspecified atom stereocenters. The summed E-state index contributed by atoms with van der Waals surface area (Å²) in [5.41, 5.74) is 0.879. The highest BCUT2D eigenvalue weighted by Crippen LogP contribution is 2.45. The normalized spacial score (nSPS) is 12.8. The number of rotatable bonds is 16. The molecular formula is C30H43N3O2P2. The molecule has 0 spiro atoms. The van der Waals surface area contributed by atoms with Crippen LogP contribution in [0.1, 0.15) is 59.3 Å². The molecule has 0 saturated heterocycles. The van der Waals surface area contributed by atoms with Gasteiger partial charge in [0.25, 0.3) is 0 Å². The fourth-order valence-corrected chi connectivity index (χ4v) is 9.55. The molecule has 0 bridgehead atoms. The third-order valence-corrected chi connectivity index (χ3v) is 12.3. The predicted octanol–water partition coefficient (Wildman–Crippen LogP) is 6.84. The molecule has 0 fully saturated rings. The Morgan fingerprint density at radius 3 is 1.51 bits per heavy atom. The minimum Gasteiger partial charge on any atom is -0.373 e. The van der Waals surface area contributed by atoms with E-state index in [0.29, 0.717) is 0 Å². The summed E-state index contributed by atoms with van der Waals surface area (Å²) in [6.45, 7) is 7.86. The Bertz CT molecular complexity index is 1100. The summed E-state index contributed by atoms with van der Waals surface area (Å²) in [7, 11) is -5.90. The average molecular weight is 540 g/mol. The van der Waals surface area contributed by atoms with Crippen LogP contribution in [0, 0.1) is 0 Å². The van der Waals surface area contributed by atoms with Crippen LogP contribution in [0.15, 0.2) is 84.9 Å². The Morgan fingerprint density at radius 2 is 1.08 bits per heavy atom. The lowest BCUT2D eigenvalue weighted by Crippen LogP contribution is -2.35. The lowest BCUT2D eigenvalue weighted by atomic mass is 10.3. The summed E-state index contributed by atoms with van der Waals surface area (Å²) in [5.74, 6) is -0.230. The van der Waals surface area contributed by atoms with Crippen molar-refractivity contribution in [2.24, 2.45) is 0 Å². The maximum atomic E-state index is 14.6. The largest absolute Gasteiger partial charge is 0.373 e. The van der Waals surface area contributed by atoms with Crippen LogP contribution in [-0.4, -0.2) is 18.9 Å². The zero-order valence-electron chi connectivity index (χ0n) is 22.5. The lowest BCUT2D eigenvalue weighted by molar-refractivity contribution is 0.533. The van der Waals surface area contributed by atoms with Crippen LogP contribution in [0.25, 0.3) is 0 Å². The maximum Gasteiger partial charge on any atom is 0.232 e. The van der Waals surface area contributed by atoms with E-state index in [1.165, 1.54) is 0 Å². The van der Waals surface area contributed by atoms with Crippen molar-refractivity contribution in [3.63, 3.8) is 0 Å². The Morgan fingerprint density at radius 1 is 0.622 bits per heavy atom. The van der Waals surface area contributed by atoms with Crippen molar-refractivity contribution in [3.05, 3.63) is 84.9 Å². The van der Waals surface area contributed by atoms with Crippen LogP contribution in [0.2, 0.25) is 0 Å². The SMILES string of the molecule is CCCCNP(=O)(NCCCC)C(CCC)Nc1ccc(P(=O)(c2ccccc2)c2ccccc2)cc1. The van der Waals surface area contributed by atoms with Crippen LogP contribution in [-0.2, 0) is 9.13 Å².